The number of aromatic nitrogens is 1. The van der Waals surface area contributed by atoms with Gasteiger partial charge in [-0.05, 0) is 48.9 Å². The highest BCUT2D eigenvalue weighted by Crippen LogP contribution is 2.51. The van der Waals surface area contributed by atoms with Crippen LogP contribution in [0, 0.1) is 6.92 Å². The van der Waals surface area contributed by atoms with Crippen LogP contribution in [0.15, 0.2) is 77.7 Å². The number of aryl methyl sites for hydroxylation is 1. The van der Waals surface area contributed by atoms with Crippen LogP contribution in [0.2, 0.25) is 0 Å². The van der Waals surface area contributed by atoms with E-state index in [9.17, 15) is 9.11 Å². The van der Waals surface area contributed by atoms with Crippen molar-refractivity contribution >= 4 is 44.4 Å². The Labute approximate surface area is 189 Å². The maximum Gasteiger partial charge on any atom is 0.131 e. The Balaban J connectivity index is 1.60. The minimum Gasteiger partial charge on any atom is -0.399 e. The lowest BCUT2D eigenvalue weighted by Crippen LogP contribution is -2.26. The largest absolute Gasteiger partial charge is 0.399 e. The van der Waals surface area contributed by atoms with Gasteiger partial charge in [-0.3, -0.25) is 9.11 Å². The number of pyridine rings is 1. The number of nitrogen functional groups attached to an aromatic ring is 1. The molecule has 164 valence electrons. The van der Waals surface area contributed by atoms with Gasteiger partial charge in [0.25, 0.3) is 0 Å². The Hall–Kier alpha value is -3.26. The van der Waals surface area contributed by atoms with Gasteiger partial charge in [-0.2, -0.15) is 10.6 Å². The van der Waals surface area contributed by atoms with Crippen LogP contribution >= 0.6 is 10.6 Å². The average Bonchev–Trinajstić information content (AvgIpc) is 2.90. The van der Waals surface area contributed by atoms with Crippen molar-refractivity contribution in [3.8, 4) is 0 Å². The van der Waals surface area contributed by atoms with Gasteiger partial charge >= 0.3 is 0 Å². The molecular weight excluding hydrogens is 420 g/mol. The summed E-state index contributed by atoms with van der Waals surface area (Å²) in [5.41, 5.74) is 11.5. The first-order chi connectivity index (χ1) is 15.4. The van der Waals surface area contributed by atoms with Crippen molar-refractivity contribution in [2.75, 3.05) is 28.2 Å². The molecule has 0 bridgehead atoms. The minimum absolute atomic E-state index is 0.273. The zero-order valence-corrected chi connectivity index (χ0v) is 18.6. The third-order valence-electron chi connectivity index (χ3n) is 5.77. The van der Waals surface area contributed by atoms with Crippen molar-refractivity contribution in [3.05, 3.63) is 83.9 Å². The number of fused-ring (bicyclic) bond motifs is 2. The Morgan fingerprint density at radius 2 is 1.84 bits per heavy atom. The van der Waals surface area contributed by atoms with Crippen LogP contribution in [0.5, 0.6) is 0 Å². The van der Waals surface area contributed by atoms with Crippen molar-refractivity contribution < 1.29 is 9.11 Å². The fourth-order valence-corrected chi connectivity index (χ4v) is 5.69. The van der Waals surface area contributed by atoms with Gasteiger partial charge in [-0.1, -0.05) is 35.9 Å². The van der Waals surface area contributed by atoms with Crippen LogP contribution in [0.3, 0.4) is 0 Å². The summed E-state index contributed by atoms with van der Waals surface area (Å²) in [4.78, 5) is 7.68. The summed E-state index contributed by atoms with van der Waals surface area (Å²) in [6.45, 7) is 3.13. The van der Waals surface area contributed by atoms with Gasteiger partial charge in [-0.25, -0.2) is 4.98 Å². The van der Waals surface area contributed by atoms with Gasteiger partial charge in [0, 0.05) is 35.9 Å². The maximum absolute atomic E-state index is 10.7. The molecule has 5 rings (SSSR count). The Morgan fingerprint density at radius 1 is 1.00 bits per heavy atom. The summed E-state index contributed by atoms with van der Waals surface area (Å²) in [6.07, 6.45) is 0. The van der Waals surface area contributed by atoms with Crippen molar-refractivity contribution in [1.82, 2.24) is 4.98 Å². The lowest BCUT2D eigenvalue weighted by Gasteiger charge is -2.32. The van der Waals surface area contributed by atoms with E-state index >= 15 is 0 Å². The van der Waals surface area contributed by atoms with Crippen LogP contribution in [-0.2, 0) is 6.54 Å². The van der Waals surface area contributed by atoms with Crippen LogP contribution < -0.4 is 16.0 Å². The number of benzene rings is 3. The zero-order valence-electron chi connectivity index (χ0n) is 17.8. The summed E-state index contributed by atoms with van der Waals surface area (Å²) in [5.74, 6) is 1.06. The molecule has 7 heteroatoms. The highest BCUT2D eigenvalue weighted by Gasteiger charge is 2.26. The van der Waals surface area contributed by atoms with E-state index in [1.54, 1.807) is 0 Å². The molecule has 0 saturated carbocycles. The molecule has 32 heavy (non-hydrogen) atoms. The number of nitrogens with one attached hydrogen (secondary N) is 1. The lowest BCUT2D eigenvalue weighted by molar-refractivity contribution is 0.488. The molecule has 0 aliphatic carbocycles. The molecule has 6 nitrogen and oxygen atoms in total. The molecule has 1 aliphatic heterocycles. The highest BCUT2D eigenvalue weighted by molar-refractivity contribution is 8.24. The van der Waals surface area contributed by atoms with Gasteiger partial charge in [0.05, 0.1) is 21.9 Å². The molecule has 1 aromatic heterocycles. The predicted octanol–water partition coefficient (Wildman–Crippen LogP) is 6.00. The van der Waals surface area contributed by atoms with Crippen LogP contribution in [0.4, 0.5) is 22.9 Å². The van der Waals surface area contributed by atoms with Crippen molar-refractivity contribution in [2.24, 2.45) is 0 Å². The van der Waals surface area contributed by atoms with E-state index in [1.807, 2.05) is 60.7 Å². The third-order valence-corrected chi connectivity index (χ3v) is 7.63. The van der Waals surface area contributed by atoms with E-state index in [1.165, 1.54) is 0 Å². The number of nitrogens with zero attached hydrogens (tertiary/aromatic N) is 2. The van der Waals surface area contributed by atoms with Crippen molar-refractivity contribution in [3.63, 3.8) is 0 Å². The molecule has 4 aromatic rings. The van der Waals surface area contributed by atoms with Gasteiger partial charge in [0.2, 0.25) is 0 Å². The van der Waals surface area contributed by atoms with Crippen LogP contribution in [-0.4, -0.2) is 26.4 Å². The molecule has 2 heterocycles. The summed E-state index contributed by atoms with van der Waals surface area (Å²) in [5, 5.41) is 4.53. The number of anilines is 4. The molecule has 5 N–H and O–H groups in total. The maximum atomic E-state index is 10.7. The highest BCUT2D eigenvalue weighted by atomic mass is 32.3. The smallest absolute Gasteiger partial charge is 0.131 e. The van der Waals surface area contributed by atoms with E-state index in [4.69, 9.17) is 10.7 Å². The van der Waals surface area contributed by atoms with Crippen molar-refractivity contribution in [2.45, 2.75) is 18.4 Å². The monoisotopic (exact) mass is 446 g/mol. The fourth-order valence-electron chi connectivity index (χ4n) is 4.14. The topological polar surface area (TPSA) is 94.6 Å². The summed E-state index contributed by atoms with van der Waals surface area (Å²) < 4.78 is 21.4. The molecule has 3 aromatic carbocycles. The molecule has 0 atom stereocenters. The first kappa shape index (κ1) is 20.6. The molecular formula is C25H26N4O2S. The fraction of sp³-hybridized carbons (Fsp3) is 0.160. The predicted molar refractivity (Wildman–Crippen MR) is 134 cm³/mol. The standard InChI is InChI=1S/C25H26N4O2S/c1-17-9-10-22-21(13-17)23(27-20-7-4-6-19(26)14-20)15-25(28-22)29-11-12-32(30,31)24-8-3-2-5-18(24)16-29/h2-10,13-15,30-31H,11-12,16,26H2,1H3,(H,27,28). The lowest BCUT2D eigenvalue weighted by atomic mass is 10.1. The van der Waals surface area contributed by atoms with Gasteiger partial charge in [0.15, 0.2) is 0 Å². The van der Waals surface area contributed by atoms with E-state index in [0.29, 0.717) is 23.7 Å². The van der Waals surface area contributed by atoms with Crippen LogP contribution in [0.1, 0.15) is 11.1 Å². The average molecular weight is 447 g/mol. The van der Waals surface area contributed by atoms with Gasteiger partial charge in [0.1, 0.15) is 5.82 Å². The number of hydrogen-bond acceptors (Lipinski definition) is 6. The van der Waals surface area contributed by atoms with E-state index in [0.717, 1.165) is 39.2 Å². The van der Waals surface area contributed by atoms with Crippen molar-refractivity contribution in [1.29, 1.82) is 0 Å². The second-order valence-corrected chi connectivity index (χ2v) is 10.4. The SMILES string of the molecule is Cc1ccc2nc(N3CCS(O)(O)c4ccccc4C3)cc(Nc3cccc(N)c3)c2c1. The van der Waals surface area contributed by atoms with Crippen LogP contribution in [0.25, 0.3) is 10.9 Å². The normalized spacial score (nSPS) is 16.3. The second kappa shape index (κ2) is 8.02. The summed E-state index contributed by atoms with van der Waals surface area (Å²) in [7, 11) is -2.83. The molecule has 0 radical (unpaired) electrons. The van der Waals surface area contributed by atoms with E-state index < -0.39 is 10.6 Å². The summed E-state index contributed by atoms with van der Waals surface area (Å²) >= 11 is 0. The third kappa shape index (κ3) is 3.98. The van der Waals surface area contributed by atoms with Gasteiger partial charge < -0.3 is 16.0 Å². The molecule has 0 spiro atoms. The zero-order chi connectivity index (χ0) is 22.3. The summed E-state index contributed by atoms with van der Waals surface area (Å²) in [6, 6.07) is 23.5. The number of hydrogen-bond donors (Lipinski definition) is 4. The molecule has 0 unspecified atom stereocenters. The molecule has 1 aliphatic rings. The quantitative estimate of drug-likeness (QED) is 0.288. The Bertz CT molecular complexity index is 1310. The minimum atomic E-state index is -2.83. The first-order valence-corrected chi connectivity index (χ1v) is 12.2. The molecule has 0 amide bonds. The first-order valence-electron chi connectivity index (χ1n) is 10.5. The number of nitrogens with two attached hydrogens (primary N) is 1. The Kier molecular flexibility index (Phi) is 5.17. The number of rotatable bonds is 3. The molecule has 0 fully saturated rings. The van der Waals surface area contributed by atoms with E-state index in [-0.39, 0.29) is 5.75 Å². The van der Waals surface area contributed by atoms with Gasteiger partial charge in [-0.15, -0.1) is 0 Å². The molecule has 0 saturated heterocycles. The Morgan fingerprint density at radius 3 is 2.69 bits per heavy atom. The van der Waals surface area contributed by atoms with E-state index in [2.05, 4.69) is 29.3 Å². The second-order valence-electron chi connectivity index (χ2n) is 8.20.